The van der Waals surface area contributed by atoms with E-state index in [0.717, 1.165) is 22.6 Å². The molecule has 68 heavy (non-hydrogen) atoms. The summed E-state index contributed by atoms with van der Waals surface area (Å²) in [6, 6.07) is 101. The molecule has 0 saturated carbocycles. The number of rotatable bonds is 8. The van der Waals surface area contributed by atoms with Crippen molar-refractivity contribution in [1.82, 2.24) is 0 Å². The van der Waals surface area contributed by atoms with E-state index in [1.165, 1.54) is 93.5 Å². The molecule has 0 aliphatic heterocycles. The minimum absolute atomic E-state index is 0.502. The van der Waals surface area contributed by atoms with Crippen LogP contribution in [0.15, 0.2) is 273 Å². The van der Waals surface area contributed by atoms with Crippen LogP contribution in [0, 0.1) is 0 Å². The predicted octanol–water partition coefficient (Wildman–Crippen LogP) is 18.0. The molecule has 1 nitrogen and oxygen atoms in total. The van der Waals surface area contributed by atoms with Gasteiger partial charge in [-0.05, 0) is 113 Å². The summed E-state index contributed by atoms with van der Waals surface area (Å²) in [4.78, 5) is 2.54. The molecule has 0 N–H and O–H groups in total. The average Bonchev–Trinajstić information content (AvgIpc) is 3.72. The van der Waals surface area contributed by atoms with Gasteiger partial charge in [0, 0.05) is 22.1 Å². The zero-order valence-electron chi connectivity index (χ0n) is 37.4. The van der Waals surface area contributed by atoms with Gasteiger partial charge >= 0.3 is 0 Å². The third-order valence-corrected chi connectivity index (χ3v) is 14.3. The molecule has 1 heteroatoms. The molecule has 12 aromatic carbocycles. The van der Waals surface area contributed by atoms with Crippen LogP contribution in [0.2, 0.25) is 0 Å². The van der Waals surface area contributed by atoms with E-state index in [9.17, 15) is 0 Å². The van der Waals surface area contributed by atoms with E-state index < -0.39 is 5.41 Å². The first-order valence-electron chi connectivity index (χ1n) is 23.6. The monoisotopic (exact) mass is 863 g/mol. The Morgan fingerprint density at radius 2 is 0.750 bits per heavy atom. The van der Waals surface area contributed by atoms with Crippen molar-refractivity contribution in [3.8, 4) is 44.5 Å². The predicted molar refractivity (Wildman–Crippen MR) is 287 cm³/mol. The number of benzene rings is 12. The summed E-state index contributed by atoms with van der Waals surface area (Å²) in [5, 5.41) is 7.28. The lowest BCUT2D eigenvalue weighted by molar-refractivity contribution is 0.768. The Morgan fingerprint density at radius 3 is 1.40 bits per heavy atom. The molecule has 12 aromatic rings. The maximum Gasteiger partial charge on any atom is 0.0713 e. The molecule has 0 bridgehead atoms. The lowest BCUT2D eigenvalue weighted by Crippen LogP contribution is -2.28. The van der Waals surface area contributed by atoms with Crippen LogP contribution in [-0.4, -0.2) is 0 Å². The molecule has 0 saturated heterocycles. The van der Waals surface area contributed by atoms with Crippen LogP contribution in [0.3, 0.4) is 0 Å². The van der Waals surface area contributed by atoms with Crippen molar-refractivity contribution < 1.29 is 0 Å². The lowest BCUT2D eigenvalue weighted by atomic mass is 9.68. The van der Waals surface area contributed by atoms with Crippen molar-refractivity contribution in [1.29, 1.82) is 0 Å². The number of anilines is 3. The second kappa shape index (κ2) is 16.3. The zero-order valence-corrected chi connectivity index (χ0v) is 37.4. The van der Waals surface area contributed by atoms with Gasteiger partial charge in [0.15, 0.2) is 0 Å². The van der Waals surface area contributed by atoms with E-state index in [-0.39, 0.29) is 0 Å². The quantitative estimate of drug-likeness (QED) is 0.138. The zero-order chi connectivity index (χ0) is 45.0. The highest BCUT2D eigenvalue weighted by molar-refractivity contribution is 6.22. The average molecular weight is 864 g/mol. The van der Waals surface area contributed by atoms with Crippen molar-refractivity contribution >= 4 is 49.4 Å². The smallest absolute Gasteiger partial charge is 0.0713 e. The number of nitrogens with zero attached hydrogens (tertiary/aromatic N) is 1. The van der Waals surface area contributed by atoms with E-state index in [1.807, 2.05) is 0 Å². The van der Waals surface area contributed by atoms with Crippen LogP contribution in [0.5, 0.6) is 0 Å². The third-order valence-electron chi connectivity index (χ3n) is 14.3. The minimum atomic E-state index is -0.502. The van der Waals surface area contributed by atoms with Gasteiger partial charge in [0.25, 0.3) is 0 Å². The van der Waals surface area contributed by atoms with Gasteiger partial charge in [-0.1, -0.05) is 249 Å². The Hall–Kier alpha value is -8.78. The molecule has 0 aromatic heterocycles. The Labute approximate surface area is 397 Å². The van der Waals surface area contributed by atoms with Crippen LogP contribution in [0.25, 0.3) is 76.8 Å². The van der Waals surface area contributed by atoms with Gasteiger partial charge in [-0.2, -0.15) is 0 Å². The van der Waals surface area contributed by atoms with Gasteiger partial charge in [0.05, 0.1) is 11.1 Å². The highest BCUT2D eigenvalue weighted by Gasteiger charge is 2.46. The molecule has 0 fully saturated rings. The van der Waals surface area contributed by atoms with E-state index in [2.05, 4.69) is 278 Å². The van der Waals surface area contributed by atoms with Gasteiger partial charge in [-0.15, -0.1) is 0 Å². The van der Waals surface area contributed by atoms with E-state index >= 15 is 0 Å². The SMILES string of the molecule is c1ccc(-c2c(-c3cccc(N(c4ccc5c(c4)-c4ccccc4C5(c4ccccc4)c4ccccc4)c4c5ccccc5c(-c5ccccc5)c5ccccc45)c3)ccc3ccccc23)cc1. The third kappa shape index (κ3) is 6.17. The van der Waals surface area contributed by atoms with Gasteiger partial charge in [0.2, 0.25) is 0 Å². The maximum absolute atomic E-state index is 2.54. The molecule has 0 unspecified atom stereocenters. The number of hydrogen-bond acceptors (Lipinski definition) is 1. The molecule has 1 aliphatic rings. The summed E-state index contributed by atoms with van der Waals surface area (Å²) in [5.41, 5.74) is 17.7. The second-order valence-electron chi connectivity index (χ2n) is 17.9. The van der Waals surface area contributed by atoms with Crippen molar-refractivity contribution in [2.24, 2.45) is 0 Å². The molecule has 0 amide bonds. The first kappa shape index (κ1) is 39.6. The fraction of sp³-hybridized carbons (Fsp3) is 0.0149. The van der Waals surface area contributed by atoms with Crippen molar-refractivity contribution in [3.63, 3.8) is 0 Å². The van der Waals surface area contributed by atoms with Gasteiger partial charge in [-0.3, -0.25) is 0 Å². The molecule has 0 spiro atoms. The van der Waals surface area contributed by atoms with E-state index in [0.29, 0.717) is 0 Å². The van der Waals surface area contributed by atoms with Gasteiger partial charge in [-0.25, -0.2) is 0 Å². The van der Waals surface area contributed by atoms with Crippen molar-refractivity contribution in [2.75, 3.05) is 4.90 Å². The Balaban J connectivity index is 1.12. The Kier molecular flexibility index (Phi) is 9.47. The standard InChI is InChI=1S/C67H45N/c1-5-23-47(24-6-1)64-54-33-14-13-22-46(54)40-42-55(64)49-27-21-32-52(44-49)68(66-59-37-17-15-35-57(59)65(48-25-7-2-8-26-48)58-36-16-18-38-60(58)66)53-41-43-63-61(45-53)56-34-19-20-39-62(56)67(63,50-28-9-3-10-29-50)51-30-11-4-12-31-51/h1-45H. The first-order chi connectivity index (χ1) is 33.8. The number of fused-ring (bicyclic) bond motifs is 6. The fourth-order valence-electron chi connectivity index (χ4n) is 11.5. The molecule has 318 valence electrons. The normalized spacial score (nSPS) is 12.5. The lowest BCUT2D eigenvalue weighted by Gasteiger charge is -2.34. The Bertz CT molecular complexity index is 3740. The summed E-state index contributed by atoms with van der Waals surface area (Å²) in [6.07, 6.45) is 0. The minimum Gasteiger partial charge on any atom is -0.309 e. The molecular formula is C67H45N. The molecule has 0 atom stereocenters. The van der Waals surface area contributed by atoms with Crippen molar-refractivity contribution in [2.45, 2.75) is 5.41 Å². The fourth-order valence-corrected chi connectivity index (χ4v) is 11.5. The highest BCUT2D eigenvalue weighted by Crippen LogP contribution is 2.58. The summed E-state index contributed by atoms with van der Waals surface area (Å²) in [7, 11) is 0. The van der Waals surface area contributed by atoms with E-state index in [1.54, 1.807) is 0 Å². The van der Waals surface area contributed by atoms with Gasteiger partial charge < -0.3 is 4.90 Å². The highest BCUT2D eigenvalue weighted by atomic mass is 15.1. The van der Waals surface area contributed by atoms with Crippen molar-refractivity contribution in [3.05, 3.63) is 295 Å². The topological polar surface area (TPSA) is 3.24 Å². The summed E-state index contributed by atoms with van der Waals surface area (Å²) >= 11 is 0. The van der Waals surface area contributed by atoms with Crippen LogP contribution in [0.1, 0.15) is 22.3 Å². The van der Waals surface area contributed by atoms with Crippen LogP contribution in [-0.2, 0) is 5.41 Å². The first-order valence-corrected chi connectivity index (χ1v) is 23.6. The summed E-state index contributed by atoms with van der Waals surface area (Å²) in [6.45, 7) is 0. The molecular weight excluding hydrogens is 819 g/mol. The second-order valence-corrected chi connectivity index (χ2v) is 17.9. The summed E-state index contributed by atoms with van der Waals surface area (Å²) < 4.78 is 0. The molecule has 0 radical (unpaired) electrons. The Morgan fingerprint density at radius 1 is 0.265 bits per heavy atom. The molecule has 0 heterocycles. The maximum atomic E-state index is 2.54. The van der Waals surface area contributed by atoms with Crippen LogP contribution < -0.4 is 4.90 Å². The van der Waals surface area contributed by atoms with Crippen LogP contribution in [0.4, 0.5) is 17.1 Å². The molecule has 1 aliphatic carbocycles. The number of hydrogen-bond donors (Lipinski definition) is 0. The van der Waals surface area contributed by atoms with Gasteiger partial charge in [0.1, 0.15) is 0 Å². The van der Waals surface area contributed by atoms with Crippen LogP contribution >= 0.6 is 0 Å². The summed E-state index contributed by atoms with van der Waals surface area (Å²) in [5.74, 6) is 0. The molecule has 13 rings (SSSR count). The largest absolute Gasteiger partial charge is 0.309 e. The van der Waals surface area contributed by atoms with E-state index in [4.69, 9.17) is 0 Å².